The smallest absolute Gasteiger partial charge is 0.392 e. The number of hydrogen-bond donors (Lipinski definition) is 0. The summed E-state index contributed by atoms with van der Waals surface area (Å²) in [6, 6.07) is 3.10. The number of fused-ring (bicyclic) bond motifs is 1. The minimum absolute atomic E-state index is 0.124. The lowest BCUT2D eigenvalue weighted by Crippen LogP contribution is -2.13. The summed E-state index contributed by atoms with van der Waals surface area (Å²) in [6.45, 7) is 0.973. The van der Waals surface area contributed by atoms with E-state index in [9.17, 15) is 18.0 Å². The molecule has 0 unspecified atom stereocenters. The number of halogens is 3. The van der Waals surface area contributed by atoms with Crippen LogP contribution in [0, 0.1) is 0 Å². The first kappa shape index (κ1) is 13.4. The third kappa shape index (κ3) is 3.24. The molecule has 0 aromatic carbocycles. The number of rotatable bonds is 4. The summed E-state index contributed by atoms with van der Waals surface area (Å²) in [7, 11) is 0. The standard InChI is InChI=1S/C12H11F3N2O2/c1-8(18)10-6-16-17-7-9(2-3-11(10)17)19-5-4-12(13,14)15/h2-3,6-7H,4-5H2,1H3. The molecule has 2 rings (SSSR count). The van der Waals surface area contributed by atoms with E-state index in [0.717, 1.165) is 0 Å². The average molecular weight is 272 g/mol. The van der Waals surface area contributed by atoms with Crippen molar-refractivity contribution in [3.8, 4) is 5.75 Å². The van der Waals surface area contributed by atoms with Crippen LogP contribution in [0.5, 0.6) is 5.75 Å². The lowest BCUT2D eigenvalue weighted by Gasteiger charge is -2.08. The van der Waals surface area contributed by atoms with E-state index in [-0.39, 0.29) is 11.5 Å². The van der Waals surface area contributed by atoms with E-state index in [0.29, 0.717) is 11.1 Å². The topological polar surface area (TPSA) is 43.6 Å². The number of carbonyl (C=O) groups excluding carboxylic acids is 1. The van der Waals surface area contributed by atoms with Crippen LogP contribution < -0.4 is 4.74 Å². The fourth-order valence-corrected chi connectivity index (χ4v) is 1.61. The van der Waals surface area contributed by atoms with Crippen molar-refractivity contribution in [2.75, 3.05) is 6.61 Å². The zero-order valence-corrected chi connectivity index (χ0v) is 10.1. The van der Waals surface area contributed by atoms with Gasteiger partial charge in [-0.3, -0.25) is 4.79 Å². The average Bonchev–Trinajstić information content (AvgIpc) is 2.70. The Morgan fingerprint density at radius 2 is 2.16 bits per heavy atom. The quantitative estimate of drug-likeness (QED) is 0.804. The monoisotopic (exact) mass is 272 g/mol. The number of aromatic nitrogens is 2. The molecule has 0 saturated heterocycles. The summed E-state index contributed by atoms with van der Waals surface area (Å²) in [5.41, 5.74) is 1.05. The maximum atomic E-state index is 12.0. The highest BCUT2D eigenvalue weighted by molar-refractivity contribution is 6.00. The Morgan fingerprint density at radius 1 is 1.42 bits per heavy atom. The number of Topliss-reactive ketones (excluding diaryl/α,β-unsaturated/α-hetero) is 1. The number of pyridine rings is 1. The molecule has 0 aliphatic rings. The van der Waals surface area contributed by atoms with Gasteiger partial charge in [0.15, 0.2) is 5.78 Å². The van der Waals surface area contributed by atoms with Gasteiger partial charge in [0.25, 0.3) is 0 Å². The summed E-state index contributed by atoms with van der Waals surface area (Å²) in [4.78, 5) is 11.3. The molecule has 0 bridgehead atoms. The Bertz CT molecular complexity index is 605. The number of nitrogens with zero attached hydrogens (tertiary/aromatic N) is 2. The van der Waals surface area contributed by atoms with Crippen molar-refractivity contribution in [2.45, 2.75) is 19.5 Å². The van der Waals surface area contributed by atoms with Crippen LogP contribution in [0.25, 0.3) is 5.52 Å². The third-order valence-corrected chi connectivity index (χ3v) is 2.52. The van der Waals surface area contributed by atoms with Crippen LogP contribution in [-0.2, 0) is 0 Å². The predicted molar refractivity (Wildman–Crippen MR) is 61.4 cm³/mol. The van der Waals surface area contributed by atoms with Gasteiger partial charge < -0.3 is 4.74 Å². The number of hydrogen-bond acceptors (Lipinski definition) is 3. The summed E-state index contributed by atoms with van der Waals surface area (Å²) in [5.74, 6) is 0.149. The van der Waals surface area contributed by atoms with Crippen LogP contribution in [0.2, 0.25) is 0 Å². The van der Waals surface area contributed by atoms with Crippen molar-refractivity contribution in [2.24, 2.45) is 0 Å². The van der Waals surface area contributed by atoms with Gasteiger partial charge in [-0.2, -0.15) is 18.3 Å². The first-order valence-electron chi connectivity index (χ1n) is 5.55. The Labute approximate surface area is 106 Å². The summed E-state index contributed by atoms with van der Waals surface area (Å²) in [6.07, 6.45) is -2.39. The van der Waals surface area contributed by atoms with Crippen molar-refractivity contribution < 1.29 is 22.7 Å². The summed E-state index contributed by atoms with van der Waals surface area (Å²) < 4.78 is 42.3. The van der Waals surface area contributed by atoms with E-state index in [2.05, 4.69) is 5.10 Å². The highest BCUT2D eigenvalue weighted by atomic mass is 19.4. The Kier molecular flexibility index (Phi) is 3.46. The molecular formula is C12H11F3N2O2. The SMILES string of the molecule is CC(=O)c1cnn2cc(OCCC(F)(F)F)ccc12. The van der Waals surface area contributed by atoms with Crippen LogP contribution in [0.3, 0.4) is 0 Å². The van der Waals surface area contributed by atoms with Gasteiger partial charge in [0, 0.05) is 0 Å². The molecule has 19 heavy (non-hydrogen) atoms. The molecule has 102 valence electrons. The van der Waals surface area contributed by atoms with Gasteiger partial charge in [0.05, 0.1) is 36.5 Å². The van der Waals surface area contributed by atoms with E-state index < -0.39 is 19.2 Å². The van der Waals surface area contributed by atoms with E-state index in [1.165, 1.54) is 29.9 Å². The Balaban J connectivity index is 2.12. The van der Waals surface area contributed by atoms with E-state index in [1.54, 1.807) is 6.07 Å². The van der Waals surface area contributed by atoms with Gasteiger partial charge in [-0.25, -0.2) is 4.52 Å². The number of alkyl halides is 3. The lowest BCUT2D eigenvalue weighted by molar-refractivity contribution is -0.139. The maximum Gasteiger partial charge on any atom is 0.392 e. The molecule has 2 heterocycles. The van der Waals surface area contributed by atoms with E-state index in [1.807, 2.05) is 0 Å². The van der Waals surface area contributed by atoms with Crippen LogP contribution in [-0.4, -0.2) is 28.2 Å². The van der Waals surface area contributed by atoms with Crippen LogP contribution in [0.4, 0.5) is 13.2 Å². The fraction of sp³-hybridized carbons (Fsp3) is 0.333. The number of ether oxygens (including phenoxy) is 1. The molecule has 0 radical (unpaired) electrons. The van der Waals surface area contributed by atoms with Crippen molar-refractivity contribution in [3.63, 3.8) is 0 Å². The zero-order chi connectivity index (χ0) is 14.0. The van der Waals surface area contributed by atoms with Gasteiger partial charge in [-0.1, -0.05) is 0 Å². The van der Waals surface area contributed by atoms with Gasteiger partial charge >= 0.3 is 6.18 Å². The fourth-order valence-electron chi connectivity index (χ4n) is 1.61. The first-order valence-corrected chi connectivity index (χ1v) is 5.55. The molecule has 0 fully saturated rings. The van der Waals surface area contributed by atoms with Crippen molar-refractivity contribution >= 4 is 11.3 Å². The van der Waals surface area contributed by atoms with Gasteiger partial charge in [-0.15, -0.1) is 0 Å². The molecular weight excluding hydrogens is 261 g/mol. The number of ketones is 1. The van der Waals surface area contributed by atoms with E-state index >= 15 is 0 Å². The second-order valence-corrected chi connectivity index (χ2v) is 4.02. The molecule has 7 heteroatoms. The van der Waals surface area contributed by atoms with Crippen molar-refractivity contribution in [1.82, 2.24) is 9.61 Å². The largest absolute Gasteiger partial charge is 0.492 e. The Morgan fingerprint density at radius 3 is 2.79 bits per heavy atom. The van der Waals surface area contributed by atoms with Gasteiger partial charge in [0.1, 0.15) is 5.75 Å². The first-order chi connectivity index (χ1) is 8.87. The Hall–Kier alpha value is -2.05. The second-order valence-electron chi connectivity index (χ2n) is 4.02. The molecule has 0 amide bonds. The van der Waals surface area contributed by atoms with Crippen LogP contribution in [0.15, 0.2) is 24.5 Å². The lowest BCUT2D eigenvalue weighted by atomic mass is 10.2. The predicted octanol–water partition coefficient (Wildman–Crippen LogP) is 2.87. The number of carbonyl (C=O) groups is 1. The van der Waals surface area contributed by atoms with Gasteiger partial charge in [0.2, 0.25) is 0 Å². The zero-order valence-electron chi connectivity index (χ0n) is 10.1. The molecule has 0 N–H and O–H groups in total. The molecule has 0 spiro atoms. The molecule has 0 aliphatic carbocycles. The molecule has 0 atom stereocenters. The van der Waals surface area contributed by atoms with Crippen LogP contribution >= 0.6 is 0 Å². The summed E-state index contributed by atoms with van der Waals surface area (Å²) in [5, 5.41) is 3.95. The molecule has 2 aromatic rings. The molecule has 2 aromatic heterocycles. The van der Waals surface area contributed by atoms with Gasteiger partial charge in [-0.05, 0) is 19.1 Å². The highest BCUT2D eigenvalue weighted by Gasteiger charge is 2.26. The van der Waals surface area contributed by atoms with E-state index in [4.69, 9.17) is 4.74 Å². The van der Waals surface area contributed by atoms with Crippen molar-refractivity contribution in [3.05, 3.63) is 30.1 Å². The minimum atomic E-state index is -4.24. The van der Waals surface area contributed by atoms with Crippen LogP contribution in [0.1, 0.15) is 23.7 Å². The second kappa shape index (κ2) is 4.91. The molecule has 0 saturated carbocycles. The maximum absolute atomic E-state index is 12.0. The highest BCUT2D eigenvalue weighted by Crippen LogP contribution is 2.21. The normalized spacial score (nSPS) is 11.8. The summed E-state index contributed by atoms with van der Waals surface area (Å²) >= 11 is 0. The minimum Gasteiger partial charge on any atom is -0.492 e. The van der Waals surface area contributed by atoms with Crippen molar-refractivity contribution in [1.29, 1.82) is 0 Å². The third-order valence-electron chi connectivity index (χ3n) is 2.52. The molecule has 0 aliphatic heterocycles. The molecule has 4 nitrogen and oxygen atoms in total.